The standard InChI is InChI=1S/C18H16ClNO4S/c19-13-7-5-12(6-8-13)17(21)15-3-1-2-4-16(15)18(22)20-14-9-10-25(23,24)11-14/h1-8,14H,9-11H2,(H,20,22)/t14-/m0/s1. The van der Waals surface area contributed by atoms with Crippen molar-refractivity contribution in [1.29, 1.82) is 0 Å². The van der Waals surface area contributed by atoms with Gasteiger partial charge in [0.05, 0.1) is 17.1 Å². The smallest absolute Gasteiger partial charge is 0.252 e. The van der Waals surface area contributed by atoms with E-state index in [1.165, 1.54) is 0 Å². The lowest BCUT2D eigenvalue weighted by Gasteiger charge is -2.13. The van der Waals surface area contributed by atoms with Crippen molar-refractivity contribution in [3.63, 3.8) is 0 Å². The van der Waals surface area contributed by atoms with Gasteiger partial charge < -0.3 is 5.32 Å². The van der Waals surface area contributed by atoms with Gasteiger partial charge in [-0.3, -0.25) is 9.59 Å². The lowest BCUT2D eigenvalue weighted by atomic mass is 9.97. The van der Waals surface area contributed by atoms with Crippen LogP contribution >= 0.6 is 11.6 Å². The molecule has 3 rings (SSSR count). The topological polar surface area (TPSA) is 80.3 Å². The molecule has 0 saturated carbocycles. The predicted octanol–water partition coefficient (Wildman–Crippen LogP) is 2.49. The molecule has 1 heterocycles. The van der Waals surface area contributed by atoms with Gasteiger partial charge in [0.15, 0.2) is 15.6 Å². The average Bonchev–Trinajstić information content (AvgIpc) is 2.93. The third-order valence-electron chi connectivity index (χ3n) is 4.09. The highest BCUT2D eigenvalue weighted by Gasteiger charge is 2.30. The molecule has 0 aliphatic carbocycles. The Morgan fingerprint density at radius 2 is 1.64 bits per heavy atom. The molecule has 0 radical (unpaired) electrons. The number of benzene rings is 2. The van der Waals surface area contributed by atoms with E-state index in [-0.39, 0.29) is 28.4 Å². The van der Waals surface area contributed by atoms with Crippen LogP contribution in [0.25, 0.3) is 0 Å². The number of hydrogen-bond donors (Lipinski definition) is 1. The molecule has 0 unspecified atom stereocenters. The first-order valence-corrected chi connectivity index (χ1v) is 9.96. The Kier molecular flexibility index (Phi) is 4.92. The fourth-order valence-electron chi connectivity index (χ4n) is 2.81. The maximum atomic E-state index is 12.7. The van der Waals surface area contributed by atoms with Gasteiger partial charge in [0.25, 0.3) is 5.91 Å². The van der Waals surface area contributed by atoms with Gasteiger partial charge in [0.2, 0.25) is 0 Å². The normalized spacial score (nSPS) is 18.7. The van der Waals surface area contributed by atoms with Crippen LogP contribution in [0.5, 0.6) is 0 Å². The summed E-state index contributed by atoms with van der Waals surface area (Å²) in [5.41, 5.74) is 0.919. The first-order valence-electron chi connectivity index (χ1n) is 7.76. The zero-order valence-corrected chi connectivity index (χ0v) is 14.8. The van der Waals surface area contributed by atoms with E-state index in [4.69, 9.17) is 11.6 Å². The summed E-state index contributed by atoms with van der Waals surface area (Å²) >= 11 is 5.84. The second-order valence-corrected chi connectivity index (χ2v) is 8.62. The summed E-state index contributed by atoms with van der Waals surface area (Å²) in [4.78, 5) is 25.2. The van der Waals surface area contributed by atoms with Crippen LogP contribution in [-0.2, 0) is 9.84 Å². The molecule has 25 heavy (non-hydrogen) atoms. The van der Waals surface area contributed by atoms with Crippen LogP contribution in [0.2, 0.25) is 5.02 Å². The van der Waals surface area contributed by atoms with Crippen LogP contribution in [0, 0.1) is 0 Å². The number of nitrogens with one attached hydrogen (secondary N) is 1. The van der Waals surface area contributed by atoms with Crippen molar-refractivity contribution in [2.45, 2.75) is 12.5 Å². The van der Waals surface area contributed by atoms with Gasteiger partial charge in [0.1, 0.15) is 0 Å². The van der Waals surface area contributed by atoms with Crippen LogP contribution in [0.3, 0.4) is 0 Å². The minimum Gasteiger partial charge on any atom is -0.348 e. The predicted molar refractivity (Wildman–Crippen MR) is 95.9 cm³/mol. The zero-order valence-electron chi connectivity index (χ0n) is 13.2. The molecule has 130 valence electrons. The Morgan fingerprint density at radius 1 is 1.00 bits per heavy atom. The van der Waals surface area contributed by atoms with Crippen LogP contribution in [0.15, 0.2) is 48.5 Å². The van der Waals surface area contributed by atoms with Crippen LogP contribution in [0.1, 0.15) is 32.7 Å². The quantitative estimate of drug-likeness (QED) is 0.830. The Morgan fingerprint density at radius 3 is 2.24 bits per heavy atom. The van der Waals surface area contributed by atoms with Crippen LogP contribution in [0.4, 0.5) is 0 Å². The molecule has 5 nitrogen and oxygen atoms in total. The zero-order chi connectivity index (χ0) is 18.0. The highest BCUT2D eigenvalue weighted by molar-refractivity contribution is 7.91. The van der Waals surface area contributed by atoms with Crippen molar-refractivity contribution < 1.29 is 18.0 Å². The third kappa shape index (κ3) is 4.08. The molecule has 1 amide bonds. The minimum absolute atomic E-state index is 0.0635. The summed E-state index contributed by atoms with van der Waals surface area (Å²) in [6, 6.07) is 12.5. The lowest BCUT2D eigenvalue weighted by molar-refractivity contribution is 0.0930. The summed E-state index contributed by atoms with van der Waals surface area (Å²) in [5.74, 6) is -0.725. The summed E-state index contributed by atoms with van der Waals surface area (Å²) in [6.45, 7) is 0. The molecule has 2 aromatic rings. The van der Waals surface area contributed by atoms with Crippen molar-refractivity contribution in [3.05, 3.63) is 70.2 Å². The van der Waals surface area contributed by atoms with E-state index in [1.54, 1.807) is 48.5 Å². The van der Waals surface area contributed by atoms with Gasteiger partial charge in [0, 0.05) is 22.2 Å². The summed E-state index contributed by atoms with van der Waals surface area (Å²) < 4.78 is 23.1. The van der Waals surface area contributed by atoms with Crippen molar-refractivity contribution in [1.82, 2.24) is 5.32 Å². The van der Waals surface area contributed by atoms with E-state index in [1.807, 2.05) is 0 Å². The average molecular weight is 378 g/mol. The van der Waals surface area contributed by atoms with Gasteiger partial charge in [-0.1, -0.05) is 29.8 Å². The largest absolute Gasteiger partial charge is 0.348 e. The SMILES string of the molecule is O=C(N[C@H]1CCS(=O)(=O)C1)c1ccccc1C(=O)c1ccc(Cl)cc1. The molecule has 1 fully saturated rings. The number of rotatable bonds is 4. The van der Waals surface area contributed by atoms with Crippen molar-refractivity contribution >= 4 is 33.1 Å². The van der Waals surface area contributed by atoms with Crippen molar-refractivity contribution in [2.75, 3.05) is 11.5 Å². The van der Waals surface area contributed by atoms with Crippen molar-refractivity contribution in [3.8, 4) is 0 Å². The Hall–Kier alpha value is -2.18. The second-order valence-electron chi connectivity index (χ2n) is 5.96. The Bertz CT molecular complexity index is 922. The molecular weight excluding hydrogens is 362 g/mol. The highest BCUT2D eigenvalue weighted by Crippen LogP contribution is 2.18. The lowest BCUT2D eigenvalue weighted by Crippen LogP contribution is -2.36. The minimum atomic E-state index is -3.09. The fourth-order valence-corrected chi connectivity index (χ4v) is 4.61. The van der Waals surface area contributed by atoms with Gasteiger partial charge in [-0.05, 0) is 36.8 Å². The molecular formula is C18H16ClNO4S. The number of ketones is 1. The molecule has 1 aliphatic heterocycles. The number of sulfone groups is 1. The third-order valence-corrected chi connectivity index (χ3v) is 6.11. The number of halogens is 1. The molecule has 1 atom stereocenters. The Balaban J connectivity index is 1.84. The first-order chi connectivity index (χ1) is 11.9. The monoisotopic (exact) mass is 377 g/mol. The van der Waals surface area contributed by atoms with Crippen LogP contribution in [-0.4, -0.2) is 37.7 Å². The maximum Gasteiger partial charge on any atom is 0.252 e. The van der Waals surface area contributed by atoms with Gasteiger partial charge >= 0.3 is 0 Å². The van der Waals surface area contributed by atoms with E-state index < -0.39 is 21.8 Å². The van der Waals surface area contributed by atoms with Gasteiger partial charge in [-0.2, -0.15) is 0 Å². The van der Waals surface area contributed by atoms with E-state index in [0.29, 0.717) is 17.0 Å². The molecule has 0 bridgehead atoms. The summed E-state index contributed by atoms with van der Waals surface area (Å²) in [5, 5.41) is 3.23. The van der Waals surface area contributed by atoms with E-state index in [9.17, 15) is 18.0 Å². The molecule has 1 saturated heterocycles. The van der Waals surface area contributed by atoms with E-state index in [0.717, 1.165) is 0 Å². The van der Waals surface area contributed by atoms with Crippen molar-refractivity contribution in [2.24, 2.45) is 0 Å². The molecule has 1 aliphatic rings. The number of carbonyl (C=O) groups excluding carboxylic acids is 2. The summed E-state index contributed by atoms with van der Waals surface area (Å²) in [6.07, 6.45) is 0.390. The van der Waals surface area contributed by atoms with E-state index in [2.05, 4.69) is 5.32 Å². The van der Waals surface area contributed by atoms with E-state index >= 15 is 0 Å². The van der Waals surface area contributed by atoms with Crippen LogP contribution < -0.4 is 5.32 Å². The molecule has 7 heteroatoms. The Labute approximate surface area is 150 Å². The van der Waals surface area contributed by atoms with Gasteiger partial charge in [-0.15, -0.1) is 0 Å². The summed E-state index contributed by atoms with van der Waals surface area (Å²) in [7, 11) is -3.09. The molecule has 0 aromatic heterocycles. The number of hydrogen-bond acceptors (Lipinski definition) is 4. The number of carbonyl (C=O) groups is 2. The van der Waals surface area contributed by atoms with Gasteiger partial charge in [-0.25, -0.2) is 8.42 Å². The number of amides is 1. The molecule has 1 N–H and O–H groups in total. The second kappa shape index (κ2) is 6.98. The highest BCUT2D eigenvalue weighted by atomic mass is 35.5. The first kappa shape index (κ1) is 17.6. The molecule has 0 spiro atoms. The maximum absolute atomic E-state index is 12.7. The molecule has 2 aromatic carbocycles. The fraction of sp³-hybridized carbons (Fsp3) is 0.222.